The summed E-state index contributed by atoms with van der Waals surface area (Å²) in [5, 5.41) is 9.18. The number of nitrogens with zero attached hydrogens (tertiary/aromatic N) is 6. The van der Waals surface area contributed by atoms with Gasteiger partial charge in [0.1, 0.15) is 12.1 Å². The minimum absolute atomic E-state index is 0.148. The molecule has 0 aliphatic carbocycles. The summed E-state index contributed by atoms with van der Waals surface area (Å²) in [5.41, 5.74) is 3.87. The summed E-state index contributed by atoms with van der Waals surface area (Å²) in [7, 11) is 0. The van der Waals surface area contributed by atoms with Gasteiger partial charge >= 0.3 is 0 Å². The van der Waals surface area contributed by atoms with Crippen LogP contribution in [-0.4, -0.2) is 56.7 Å². The van der Waals surface area contributed by atoms with Gasteiger partial charge in [-0.15, -0.1) is 10.2 Å². The largest absolute Gasteiger partial charge is 0.447 e. The van der Waals surface area contributed by atoms with Gasteiger partial charge in [0.05, 0.1) is 11.4 Å². The van der Waals surface area contributed by atoms with Crippen molar-refractivity contribution in [1.29, 1.82) is 0 Å². The van der Waals surface area contributed by atoms with Gasteiger partial charge in [0.2, 0.25) is 5.89 Å². The number of carbonyl (C=O) groups excluding carboxylic acids is 1. The molecule has 6 rings (SSSR count). The average Bonchev–Trinajstić information content (AvgIpc) is 3.64. The van der Waals surface area contributed by atoms with Gasteiger partial charge in [0.15, 0.2) is 16.7 Å². The molecule has 10 heteroatoms. The van der Waals surface area contributed by atoms with Gasteiger partial charge in [-0.3, -0.25) is 9.36 Å². The summed E-state index contributed by atoms with van der Waals surface area (Å²) in [4.78, 5) is 21.7. The number of oxazole rings is 1. The van der Waals surface area contributed by atoms with E-state index in [0.29, 0.717) is 41.4 Å². The molecule has 0 unspecified atom stereocenters. The molecule has 0 spiro atoms. The standard InChI is InChI=1S/C30H27FN6O2S/c1-21-9-5-7-13-25(21)35-15-17-36(18-16-35)29(38)24-19-39-27(32-24)20-40-30-34-33-28(22-10-3-2-4-11-22)37(30)26-14-8-6-12-23(26)31/h2-14,19H,15-18,20H2,1H3. The van der Waals surface area contributed by atoms with E-state index in [0.717, 1.165) is 18.7 Å². The normalized spacial score (nSPS) is 13.6. The zero-order chi connectivity index (χ0) is 27.5. The monoisotopic (exact) mass is 554 g/mol. The van der Waals surface area contributed by atoms with Crippen molar-refractivity contribution < 1.29 is 13.6 Å². The first kappa shape index (κ1) is 25.8. The van der Waals surface area contributed by atoms with Crippen molar-refractivity contribution in [2.24, 2.45) is 0 Å². The first-order valence-corrected chi connectivity index (χ1v) is 14.0. The van der Waals surface area contributed by atoms with Gasteiger partial charge in [0.25, 0.3) is 5.91 Å². The molecular formula is C30H27FN6O2S. The van der Waals surface area contributed by atoms with Crippen molar-refractivity contribution in [3.63, 3.8) is 0 Å². The Hall–Kier alpha value is -4.44. The lowest BCUT2D eigenvalue weighted by Gasteiger charge is -2.36. The van der Waals surface area contributed by atoms with Crippen LogP contribution in [0.3, 0.4) is 0 Å². The van der Waals surface area contributed by atoms with Crippen LogP contribution in [0.2, 0.25) is 0 Å². The number of hydrogen-bond donors (Lipinski definition) is 0. The second kappa shape index (κ2) is 11.4. The molecule has 0 radical (unpaired) electrons. The number of hydrogen-bond acceptors (Lipinski definition) is 7. The molecule has 1 amide bonds. The Balaban J connectivity index is 1.15. The van der Waals surface area contributed by atoms with Crippen LogP contribution in [-0.2, 0) is 5.75 Å². The molecule has 202 valence electrons. The van der Waals surface area contributed by atoms with Gasteiger partial charge in [-0.05, 0) is 30.7 Å². The molecule has 0 bridgehead atoms. The molecule has 0 saturated carbocycles. The van der Waals surface area contributed by atoms with E-state index in [1.807, 2.05) is 47.4 Å². The number of amides is 1. The first-order valence-electron chi connectivity index (χ1n) is 13.0. The third-order valence-electron chi connectivity index (χ3n) is 6.88. The lowest BCUT2D eigenvalue weighted by Crippen LogP contribution is -2.49. The van der Waals surface area contributed by atoms with Gasteiger partial charge in [-0.25, -0.2) is 9.37 Å². The van der Waals surface area contributed by atoms with Crippen molar-refractivity contribution in [2.45, 2.75) is 17.8 Å². The number of anilines is 1. The molecule has 40 heavy (non-hydrogen) atoms. The number of halogens is 1. The Morgan fingerprint density at radius 3 is 2.35 bits per heavy atom. The summed E-state index contributed by atoms with van der Waals surface area (Å²) < 4.78 is 22.2. The van der Waals surface area contributed by atoms with Crippen LogP contribution in [0.5, 0.6) is 0 Å². The number of benzene rings is 3. The number of aromatic nitrogens is 4. The second-order valence-electron chi connectivity index (χ2n) is 9.44. The Bertz CT molecular complexity index is 1630. The molecule has 3 aromatic carbocycles. The van der Waals surface area contributed by atoms with Crippen molar-refractivity contribution in [2.75, 3.05) is 31.1 Å². The molecule has 1 saturated heterocycles. The van der Waals surface area contributed by atoms with Crippen molar-refractivity contribution in [3.05, 3.63) is 108 Å². The van der Waals surface area contributed by atoms with E-state index in [2.05, 4.69) is 39.1 Å². The molecule has 5 aromatic rings. The fourth-order valence-corrected chi connectivity index (χ4v) is 5.62. The molecule has 8 nitrogen and oxygen atoms in total. The van der Waals surface area contributed by atoms with E-state index >= 15 is 0 Å². The molecule has 1 aliphatic rings. The van der Waals surface area contributed by atoms with Gasteiger partial charge < -0.3 is 14.2 Å². The number of thioether (sulfide) groups is 1. The Morgan fingerprint density at radius 2 is 1.60 bits per heavy atom. The molecule has 3 heterocycles. The maximum absolute atomic E-state index is 14.8. The van der Waals surface area contributed by atoms with Crippen LogP contribution in [0.15, 0.2) is 94.7 Å². The highest BCUT2D eigenvalue weighted by molar-refractivity contribution is 7.98. The maximum Gasteiger partial charge on any atom is 0.275 e. The lowest BCUT2D eigenvalue weighted by atomic mass is 10.1. The molecular weight excluding hydrogens is 527 g/mol. The molecule has 1 fully saturated rings. The predicted molar refractivity (Wildman–Crippen MR) is 152 cm³/mol. The van der Waals surface area contributed by atoms with E-state index in [1.165, 1.54) is 35.3 Å². The smallest absolute Gasteiger partial charge is 0.275 e. The van der Waals surface area contributed by atoms with Crippen LogP contribution in [0.1, 0.15) is 21.9 Å². The van der Waals surface area contributed by atoms with Crippen molar-refractivity contribution >= 4 is 23.4 Å². The van der Waals surface area contributed by atoms with Crippen LogP contribution < -0.4 is 4.90 Å². The second-order valence-corrected chi connectivity index (χ2v) is 10.4. The SMILES string of the molecule is Cc1ccccc1N1CCN(C(=O)c2coc(CSc3nnc(-c4ccccc4)n3-c3ccccc3F)n2)CC1. The van der Waals surface area contributed by atoms with Crippen LogP contribution in [0.4, 0.5) is 10.1 Å². The Kier molecular flexibility index (Phi) is 7.33. The molecule has 0 N–H and O–H groups in total. The number of carbonyl (C=O) groups is 1. The summed E-state index contributed by atoms with van der Waals surface area (Å²) in [5.74, 6) is 0.686. The van der Waals surface area contributed by atoms with E-state index in [4.69, 9.17) is 4.42 Å². The Labute approximate surface area is 235 Å². The van der Waals surface area contributed by atoms with E-state index in [1.54, 1.807) is 22.8 Å². The zero-order valence-corrected chi connectivity index (χ0v) is 22.7. The quantitative estimate of drug-likeness (QED) is 0.242. The topological polar surface area (TPSA) is 80.3 Å². The molecule has 2 aromatic heterocycles. The molecule has 0 atom stereocenters. The van der Waals surface area contributed by atoms with E-state index < -0.39 is 0 Å². The minimum Gasteiger partial charge on any atom is -0.447 e. The van der Waals surface area contributed by atoms with Gasteiger partial charge in [0, 0.05) is 37.4 Å². The lowest BCUT2D eigenvalue weighted by molar-refractivity contribution is 0.0740. The van der Waals surface area contributed by atoms with Crippen LogP contribution >= 0.6 is 11.8 Å². The molecule has 1 aliphatic heterocycles. The fraction of sp³-hybridized carbons (Fsp3) is 0.200. The van der Waals surface area contributed by atoms with E-state index in [-0.39, 0.29) is 17.4 Å². The number of aryl methyl sites for hydroxylation is 1. The third-order valence-corrected chi connectivity index (χ3v) is 7.79. The zero-order valence-electron chi connectivity index (χ0n) is 21.9. The van der Waals surface area contributed by atoms with Crippen molar-refractivity contribution in [3.8, 4) is 17.1 Å². The summed E-state index contributed by atoms with van der Waals surface area (Å²) in [6.07, 6.45) is 1.41. The van der Waals surface area contributed by atoms with E-state index in [9.17, 15) is 9.18 Å². The average molecular weight is 555 g/mol. The van der Waals surface area contributed by atoms with Gasteiger partial charge in [-0.1, -0.05) is 72.4 Å². The number of piperazine rings is 1. The highest BCUT2D eigenvalue weighted by Crippen LogP contribution is 2.31. The summed E-state index contributed by atoms with van der Waals surface area (Å²) in [6, 6.07) is 24.3. The fourth-order valence-electron chi connectivity index (χ4n) is 4.82. The number of rotatable bonds is 7. The highest BCUT2D eigenvalue weighted by Gasteiger charge is 2.25. The first-order chi connectivity index (χ1) is 19.6. The van der Waals surface area contributed by atoms with Crippen LogP contribution in [0.25, 0.3) is 17.1 Å². The van der Waals surface area contributed by atoms with Crippen LogP contribution in [0, 0.1) is 12.7 Å². The van der Waals surface area contributed by atoms with Gasteiger partial charge in [-0.2, -0.15) is 0 Å². The summed E-state index contributed by atoms with van der Waals surface area (Å²) in [6.45, 7) is 4.83. The number of para-hydroxylation sites is 2. The van der Waals surface area contributed by atoms with Crippen molar-refractivity contribution in [1.82, 2.24) is 24.6 Å². The minimum atomic E-state index is -0.382. The predicted octanol–water partition coefficient (Wildman–Crippen LogP) is 5.62. The third kappa shape index (κ3) is 5.22. The highest BCUT2D eigenvalue weighted by atomic mass is 32.2. The maximum atomic E-state index is 14.8. The summed E-state index contributed by atoms with van der Waals surface area (Å²) >= 11 is 1.31. The Morgan fingerprint density at radius 1 is 0.900 bits per heavy atom.